The first kappa shape index (κ1) is 18.4. The zero-order valence-electron chi connectivity index (χ0n) is 12.3. The first-order valence-electron chi connectivity index (χ1n) is 6.82. The first-order valence-corrected chi connectivity index (χ1v) is 9.46. The topological polar surface area (TPSA) is 66.4 Å². The van der Waals surface area contributed by atoms with E-state index < -0.39 is 28.8 Å². The summed E-state index contributed by atoms with van der Waals surface area (Å²) in [6.45, 7) is -0.655. The van der Waals surface area contributed by atoms with Crippen LogP contribution in [0.15, 0.2) is 16.9 Å². The van der Waals surface area contributed by atoms with Crippen molar-refractivity contribution >= 4 is 31.9 Å². The molecule has 0 bridgehead atoms. The lowest BCUT2D eigenvalue weighted by Gasteiger charge is -2.37. The molecule has 0 atom stereocenters. The maximum Gasteiger partial charge on any atom is 0.402 e. The molecule has 0 spiro atoms. The lowest BCUT2D eigenvalue weighted by Crippen LogP contribution is -2.50. The summed E-state index contributed by atoms with van der Waals surface area (Å²) in [5, 5.41) is 0. The van der Waals surface area contributed by atoms with Crippen molar-refractivity contribution in [1.82, 2.24) is 14.3 Å². The molecule has 6 nitrogen and oxygen atoms in total. The average molecular weight is 417 g/mol. The van der Waals surface area contributed by atoms with Crippen LogP contribution < -0.4 is 4.90 Å². The minimum absolute atomic E-state index is 0.294. The normalized spacial score (nSPS) is 17.7. The van der Waals surface area contributed by atoms with E-state index in [2.05, 4.69) is 25.9 Å². The number of hydrogen-bond donors (Lipinski definition) is 0. The van der Waals surface area contributed by atoms with Gasteiger partial charge in [-0.3, -0.25) is 0 Å². The fraction of sp³-hybridized carbons (Fsp3) is 0.667. The van der Waals surface area contributed by atoms with Gasteiger partial charge in [-0.2, -0.15) is 17.5 Å². The van der Waals surface area contributed by atoms with Crippen LogP contribution in [0.4, 0.5) is 19.1 Å². The highest BCUT2D eigenvalue weighted by Gasteiger charge is 2.39. The molecule has 1 aromatic rings. The summed E-state index contributed by atoms with van der Waals surface area (Å²) < 4.78 is 62.5. The standard InChI is InChI=1S/C12H16BrF3N4O2S/c1-23(21,22)20(8-12(14,15)16)10-2-4-19(5-3-10)11-17-6-9(13)7-18-11/h6-7,10H,2-5,8H2,1H3. The number of piperidine rings is 1. The lowest BCUT2D eigenvalue weighted by atomic mass is 10.1. The molecule has 1 aliphatic rings. The summed E-state index contributed by atoms with van der Waals surface area (Å²) in [7, 11) is -3.93. The van der Waals surface area contributed by atoms with Gasteiger partial charge in [0.05, 0.1) is 10.7 Å². The molecule has 1 aliphatic heterocycles. The van der Waals surface area contributed by atoms with Gasteiger partial charge in [0.25, 0.3) is 0 Å². The number of aromatic nitrogens is 2. The Bertz CT molecular complexity index is 631. The van der Waals surface area contributed by atoms with Gasteiger partial charge >= 0.3 is 6.18 Å². The van der Waals surface area contributed by atoms with Crippen molar-refractivity contribution in [3.8, 4) is 0 Å². The summed E-state index contributed by atoms with van der Waals surface area (Å²) in [5.41, 5.74) is 0. The highest BCUT2D eigenvalue weighted by Crippen LogP contribution is 2.26. The molecule has 1 fully saturated rings. The maximum absolute atomic E-state index is 12.6. The second-order valence-electron chi connectivity index (χ2n) is 5.34. The molecule has 0 amide bonds. The lowest BCUT2D eigenvalue weighted by molar-refractivity contribution is -0.139. The van der Waals surface area contributed by atoms with Crippen LogP contribution in [0.1, 0.15) is 12.8 Å². The Balaban J connectivity index is 2.05. The van der Waals surface area contributed by atoms with E-state index in [1.165, 1.54) is 0 Å². The third kappa shape index (κ3) is 5.28. The molecule has 1 aromatic heterocycles. The molecule has 2 heterocycles. The Morgan fingerprint density at radius 1 is 1.30 bits per heavy atom. The summed E-state index contributed by atoms with van der Waals surface area (Å²) in [6, 6.07) is -0.668. The van der Waals surface area contributed by atoms with Crippen LogP contribution in [0.2, 0.25) is 0 Å². The van der Waals surface area contributed by atoms with Crippen molar-refractivity contribution in [2.75, 3.05) is 30.8 Å². The quantitative estimate of drug-likeness (QED) is 0.750. The zero-order chi connectivity index (χ0) is 17.3. The third-order valence-electron chi connectivity index (χ3n) is 3.52. The fourth-order valence-corrected chi connectivity index (χ4v) is 3.85. The van der Waals surface area contributed by atoms with Gasteiger partial charge in [-0.05, 0) is 28.8 Å². The Kier molecular flexibility index (Phi) is 5.52. The number of rotatable bonds is 4. The van der Waals surface area contributed by atoms with Gasteiger partial charge in [-0.15, -0.1) is 0 Å². The zero-order valence-corrected chi connectivity index (χ0v) is 14.7. The van der Waals surface area contributed by atoms with Gasteiger partial charge in [0.2, 0.25) is 16.0 Å². The van der Waals surface area contributed by atoms with Crippen LogP contribution in [0.5, 0.6) is 0 Å². The van der Waals surface area contributed by atoms with Crippen LogP contribution in [0, 0.1) is 0 Å². The SMILES string of the molecule is CS(=O)(=O)N(CC(F)(F)F)C1CCN(c2ncc(Br)cn2)CC1. The van der Waals surface area contributed by atoms with Gasteiger partial charge in [0.1, 0.15) is 6.54 Å². The summed E-state index contributed by atoms with van der Waals surface area (Å²) >= 11 is 3.22. The van der Waals surface area contributed by atoms with Crippen molar-refractivity contribution in [2.45, 2.75) is 25.1 Å². The van der Waals surface area contributed by atoms with Crippen LogP contribution in [-0.4, -0.2) is 60.8 Å². The van der Waals surface area contributed by atoms with Crippen LogP contribution >= 0.6 is 15.9 Å². The number of halogens is 4. The molecule has 0 radical (unpaired) electrons. The van der Waals surface area contributed by atoms with Gasteiger partial charge < -0.3 is 4.90 Å². The van der Waals surface area contributed by atoms with E-state index in [1.807, 2.05) is 4.90 Å². The van der Waals surface area contributed by atoms with Crippen LogP contribution in [-0.2, 0) is 10.0 Å². The molecule has 130 valence electrons. The number of anilines is 1. The molecule has 0 unspecified atom stereocenters. The summed E-state index contributed by atoms with van der Waals surface area (Å²) in [6.07, 6.45) is 0.00485. The minimum Gasteiger partial charge on any atom is -0.341 e. The minimum atomic E-state index is -4.56. The molecule has 0 saturated carbocycles. The second kappa shape index (κ2) is 6.89. The van der Waals surface area contributed by atoms with Crippen molar-refractivity contribution in [2.24, 2.45) is 0 Å². The molecule has 23 heavy (non-hydrogen) atoms. The highest BCUT2D eigenvalue weighted by molar-refractivity contribution is 9.10. The van der Waals surface area contributed by atoms with E-state index in [0.717, 1.165) is 10.7 Å². The van der Waals surface area contributed by atoms with Gasteiger partial charge in [-0.1, -0.05) is 0 Å². The first-order chi connectivity index (χ1) is 10.6. The molecule has 0 N–H and O–H groups in total. The van der Waals surface area contributed by atoms with Crippen molar-refractivity contribution in [3.05, 3.63) is 16.9 Å². The molecule has 1 saturated heterocycles. The van der Waals surface area contributed by atoms with Gasteiger partial charge in [0, 0.05) is 31.5 Å². The average Bonchev–Trinajstić information content (AvgIpc) is 2.44. The van der Waals surface area contributed by atoms with E-state index in [1.54, 1.807) is 12.4 Å². The summed E-state index contributed by atoms with van der Waals surface area (Å²) in [5.74, 6) is 0.480. The van der Waals surface area contributed by atoms with E-state index in [9.17, 15) is 21.6 Å². The molecule has 0 aliphatic carbocycles. The number of sulfonamides is 1. The van der Waals surface area contributed by atoms with Crippen LogP contribution in [0.25, 0.3) is 0 Å². The Hall–Kier alpha value is -0.940. The van der Waals surface area contributed by atoms with E-state index in [4.69, 9.17) is 0 Å². The summed E-state index contributed by atoms with van der Waals surface area (Å²) in [4.78, 5) is 10.1. The number of hydrogen-bond acceptors (Lipinski definition) is 5. The van der Waals surface area contributed by atoms with Gasteiger partial charge in [-0.25, -0.2) is 18.4 Å². The molecular formula is C12H16BrF3N4O2S. The largest absolute Gasteiger partial charge is 0.402 e. The number of nitrogens with zero attached hydrogens (tertiary/aromatic N) is 4. The molecule has 0 aromatic carbocycles. The Morgan fingerprint density at radius 3 is 2.26 bits per heavy atom. The predicted octanol–water partition coefficient (Wildman–Crippen LogP) is 2.03. The fourth-order valence-electron chi connectivity index (χ4n) is 2.52. The second-order valence-corrected chi connectivity index (χ2v) is 8.19. The Morgan fingerprint density at radius 2 is 1.83 bits per heavy atom. The number of alkyl halides is 3. The van der Waals surface area contributed by atoms with Crippen LogP contribution in [0.3, 0.4) is 0 Å². The maximum atomic E-state index is 12.6. The Labute approximate surface area is 140 Å². The molecule has 2 rings (SSSR count). The van der Waals surface area contributed by atoms with Crippen molar-refractivity contribution in [1.29, 1.82) is 0 Å². The van der Waals surface area contributed by atoms with E-state index >= 15 is 0 Å². The van der Waals surface area contributed by atoms with E-state index in [-0.39, 0.29) is 0 Å². The molecule has 11 heteroatoms. The van der Waals surface area contributed by atoms with Crippen molar-refractivity contribution < 1.29 is 21.6 Å². The van der Waals surface area contributed by atoms with E-state index in [0.29, 0.717) is 36.2 Å². The highest BCUT2D eigenvalue weighted by atomic mass is 79.9. The third-order valence-corrected chi connectivity index (χ3v) is 5.21. The monoisotopic (exact) mass is 416 g/mol. The smallest absolute Gasteiger partial charge is 0.341 e. The van der Waals surface area contributed by atoms with Crippen molar-refractivity contribution in [3.63, 3.8) is 0 Å². The molecular weight excluding hydrogens is 401 g/mol. The van der Waals surface area contributed by atoms with Gasteiger partial charge in [0.15, 0.2) is 0 Å². The predicted molar refractivity (Wildman–Crippen MR) is 82.6 cm³/mol.